The minimum Gasteiger partial charge on any atom is -0.496 e. The van der Waals surface area contributed by atoms with Gasteiger partial charge in [0.15, 0.2) is 0 Å². The summed E-state index contributed by atoms with van der Waals surface area (Å²) in [5.41, 5.74) is 2.03. The molecule has 2 aromatic rings. The zero-order chi connectivity index (χ0) is 14.4. The number of para-hydroxylation sites is 1. The van der Waals surface area contributed by atoms with Crippen molar-refractivity contribution in [2.24, 2.45) is 0 Å². The van der Waals surface area contributed by atoms with Crippen LogP contribution in [0.2, 0.25) is 0 Å². The van der Waals surface area contributed by atoms with E-state index in [1.54, 1.807) is 25.6 Å². The van der Waals surface area contributed by atoms with Crippen LogP contribution in [0.5, 0.6) is 5.75 Å². The number of benzene rings is 1. The van der Waals surface area contributed by atoms with Crippen molar-refractivity contribution in [3.05, 3.63) is 34.8 Å². The number of methoxy groups -OCH3 is 2. The Hall–Kier alpha value is -1.43. The number of thiazole rings is 1. The maximum absolute atomic E-state index is 5.41. The van der Waals surface area contributed by atoms with Crippen LogP contribution in [0.15, 0.2) is 24.3 Å². The highest BCUT2D eigenvalue weighted by atomic mass is 32.1. The predicted octanol–water partition coefficient (Wildman–Crippen LogP) is 3.07. The Morgan fingerprint density at radius 3 is 2.75 bits per heavy atom. The fourth-order valence-electron chi connectivity index (χ4n) is 1.95. The number of hydrogen-bond donors (Lipinski definition) is 1. The van der Waals surface area contributed by atoms with Gasteiger partial charge in [-0.1, -0.05) is 19.1 Å². The third-order valence-corrected chi connectivity index (χ3v) is 4.06. The molecule has 0 aliphatic rings. The van der Waals surface area contributed by atoms with Crippen molar-refractivity contribution in [3.63, 3.8) is 0 Å². The van der Waals surface area contributed by atoms with E-state index in [0.717, 1.165) is 35.1 Å². The van der Waals surface area contributed by atoms with Crippen LogP contribution in [-0.2, 0) is 17.9 Å². The molecule has 5 heteroatoms. The summed E-state index contributed by atoms with van der Waals surface area (Å²) in [5, 5.41) is 4.31. The molecule has 1 aromatic carbocycles. The average Bonchev–Trinajstić information content (AvgIpc) is 2.88. The lowest BCUT2D eigenvalue weighted by atomic mass is 10.2. The van der Waals surface area contributed by atoms with Gasteiger partial charge in [0, 0.05) is 18.5 Å². The molecule has 0 atom stereocenters. The maximum atomic E-state index is 5.41. The summed E-state index contributed by atoms with van der Waals surface area (Å²) in [6, 6.07) is 7.95. The van der Waals surface area contributed by atoms with Crippen molar-refractivity contribution in [3.8, 4) is 16.3 Å². The minimum absolute atomic E-state index is 0.534. The first-order chi connectivity index (χ1) is 9.80. The lowest BCUT2D eigenvalue weighted by Crippen LogP contribution is -2.12. The molecular weight excluding hydrogens is 272 g/mol. The van der Waals surface area contributed by atoms with E-state index in [1.165, 1.54) is 4.88 Å². The van der Waals surface area contributed by atoms with Crippen LogP contribution in [0, 0.1) is 0 Å². The first kappa shape index (κ1) is 15.0. The Balaban J connectivity index is 2.36. The van der Waals surface area contributed by atoms with Gasteiger partial charge in [-0.25, -0.2) is 4.98 Å². The highest BCUT2D eigenvalue weighted by Gasteiger charge is 2.14. The summed E-state index contributed by atoms with van der Waals surface area (Å²) in [5.74, 6) is 0.847. The SMILES string of the molecule is CCNCc1sc(-c2ccccc2OC)nc1COC. The topological polar surface area (TPSA) is 43.4 Å². The molecule has 1 N–H and O–H groups in total. The lowest BCUT2D eigenvalue weighted by Gasteiger charge is -2.04. The summed E-state index contributed by atoms with van der Waals surface area (Å²) in [4.78, 5) is 5.92. The molecule has 1 aromatic heterocycles. The summed E-state index contributed by atoms with van der Waals surface area (Å²) in [7, 11) is 3.38. The molecule has 0 saturated heterocycles. The van der Waals surface area contributed by atoms with E-state index in [0.29, 0.717) is 6.61 Å². The predicted molar refractivity (Wildman–Crippen MR) is 82.2 cm³/mol. The monoisotopic (exact) mass is 292 g/mol. The molecule has 108 valence electrons. The molecule has 0 bridgehead atoms. The van der Waals surface area contributed by atoms with Gasteiger partial charge in [0.2, 0.25) is 0 Å². The van der Waals surface area contributed by atoms with E-state index in [1.807, 2.05) is 24.3 Å². The molecule has 0 radical (unpaired) electrons. The van der Waals surface area contributed by atoms with Crippen molar-refractivity contribution < 1.29 is 9.47 Å². The van der Waals surface area contributed by atoms with E-state index in [2.05, 4.69) is 12.2 Å². The number of rotatable bonds is 7. The summed E-state index contributed by atoms with van der Waals surface area (Å²) in [6.07, 6.45) is 0. The van der Waals surface area contributed by atoms with Crippen LogP contribution >= 0.6 is 11.3 Å². The molecule has 0 amide bonds. The van der Waals surface area contributed by atoms with Crippen molar-refractivity contribution in [2.75, 3.05) is 20.8 Å². The number of hydrogen-bond acceptors (Lipinski definition) is 5. The third kappa shape index (κ3) is 3.36. The van der Waals surface area contributed by atoms with Crippen molar-refractivity contribution in [1.82, 2.24) is 10.3 Å². The third-order valence-electron chi connectivity index (χ3n) is 2.93. The fourth-order valence-corrected chi connectivity index (χ4v) is 3.01. The smallest absolute Gasteiger partial charge is 0.129 e. The van der Waals surface area contributed by atoms with Crippen molar-refractivity contribution in [2.45, 2.75) is 20.1 Å². The summed E-state index contributed by atoms with van der Waals surface area (Å²) < 4.78 is 10.6. The highest BCUT2D eigenvalue weighted by molar-refractivity contribution is 7.15. The number of ether oxygens (including phenoxy) is 2. The summed E-state index contributed by atoms with van der Waals surface area (Å²) >= 11 is 1.69. The van der Waals surface area contributed by atoms with Crippen LogP contribution < -0.4 is 10.1 Å². The molecule has 0 unspecified atom stereocenters. The second kappa shape index (κ2) is 7.38. The van der Waals surface area contributed by atoms with Crippen molar-refractivity contribution >= 4 is 11.3 Å². The van der Waals surface area contributed by atoms with Gasteiger partial charge in [0.05, 0.1) is 25.0 Å². The molecule has 0 spiro atoms. The fraction of sp³-hybridized carbons (Fsp3) is 0.400. The van der Waals surface area contributed by atoms with Crippen molar-refractivity contribution in [1.29, 1.82) is 0 Å². The van der Waals surface area contributed by atoms with Crippen LogP contribution in [0.25, 0.3) is 10.6 Å². The minimum atomic E-state index is 0.534. The Labute approximate surface area is 123 Å². The van der Waals surface area contributed by atoms with E-state index >= 15 is 0 Å². The number of nitrogens with zero attached hydrogens (tertiary/aromatic N) is 1. The molecule has 0 saturated carbocycles. The molecule has 4 nitrogen and oxygen atoms in total. The van der Waals surface area contributed by atoms with Gasteiger partial charge in [0.1, 0.15) is 10.8 Å². The Morgan fingerprint density at radius 2 is 2.05 bits per heavy atom. The second-order valence-corrected chi connectivity index (χ2v) is 5.39. The van der Waals surface area contributed by atoms with Crippen LogP contribution in [0.1, 0.15) is 17.5 Å². The second-order valence-electron chi connectivity index (χ2n) is 4.30. The van der Waals surface area contributed by atoms with Crippen LogP contribution in [0.3, 0.4) is 0 Å². The van der Waals surface area contributed by atoms with E-state index in [9.17, 15) is 0 Å². The molecular formula is C15H20N2O2S. The first-order valence-electron chi connectivity index (χ1n) is 6.61. The first-order valence-corrected chi connectivity index (χ1v) is 7.43. The van der Waals surface area contributed by atoms with Gasteiger partial charge in [0.25, 0.3) is 0 Å². The molecule has 0 aliphatic heterocycles. The lowest BCUT2D eigenvalue weighted by molar-refractivity contribution is 0.181. The van der Waals surface area contributed by atoms with E-state index in [4.69, 9.17) is 14.5 Å². The number of aromatic nitrogens is 1. The summed E-state index contributed by atoms with van der Waals surface area (Å²) in [6.45, 7) is 4.39. The standard InChI is InChI=1S/C15H20N2O2S/c1-4-16-9-14-12(10-18-2)17-15(20-14)11-7-5-6-8-13(11)19-3/h5-8,16H,4,9-10H2,1-3H3. The Bertz CT molecular complexity index is 555. The van der Waals surface area contributed by atoms with Gasteiger partial charge >= 0.3 is 0 Å². The van der Waals surface area contributed by atoms with Gasteiger partial charge in [-0.3, -0.25) is 0 Å². The van der Waals surface area contributed by atoms with Gasteiger partial charge < -0.3 is 14.8 Å². The maximum Gasteiger partial charge on any atom is 0.129 e. The average molecular weight is 292 g/mol. The Morgan fingerprint density at radius 1 is 1.25 bits per heavy atom. The zero-order valence-electron chi connectivity index (χ0n) is 12.1. The quantitative estimate of drug-likeness (QED) is 0.851. The van der Waals surface area contributed by atoms with Crippen LogP contribution in [0.4, 0.5) is 0 Å². The van der Waals surface area contributed by atoms with Gasteiger partial charge in [-0.2, -0.15) is 0 Å². The molecule has 2 rings (SSSR count). The largest absolute Gasteiger partial charge is 0.496 e. The Kier molecular flexibility index (Phi) is 5.52. The zero-order valence-corrected chi connectivity index (χ0v) is 12.9. The van der Waals surface area contributed by atoms with Gasteiger partial charge in [-0.15, -0.1) is 11.3 Å². The normalized spacial score (nSPS) is 10.8. The highest BCUT2D eigenvalue weighted by Crippen LogP contribution is 2.34. The van der Waals surface area contributed by atoms with E-state index < -0.39 is 0 Å². The molecule has 0 aliphatic carbocycles. The van der Waals surface area contributed by atoms with Crippen LogP contribution in [-0.4, -0.2) is 25.7 Å². The molecule has 20 heavy (non-hydrogen) atoms. The van der Waals surface area contributed by atoms with Gasteiger partial charge in [-0.05, 0) is 18.7 Å². The molecule has 0 fully saturated rings. The molecule has 1 heterocycles. The number of nitrogens with one attached hydrogen (secondary N) is 1. The van der Waals surface area contributed by atoms with E-state index in [-0.39, 0.29) is 0 Å².